The molecule has 1 aliphatic rings. The Balaban J connectivity index is 1.80. The molecule has 6 nitrogen and oxygen atoms in total. The van der Waals surface area contributed by atoms with Crippen LogP contribution in [0.15, 0.2) is 36.4 Å². The summed E-state index contributed by atoms with van der Waals surface area (Å²) < 4.78 is 5.50. The third-order valence-corrected chi connectivity index (χ3v) is 4.58. The van der Waals surface area contributed by atoms with Gasteiger partial charge in [-0.15, -0.1) is 10.2 Å². The average Bonchev–Trinajstić information content (AvgIpc) is 2.67. The van der Waals surface area contributed by atoms with Crippen LogP contribution in [0, 0.1) is 6.92 Å². The van der Waals surface area contributed by atoms with Crippen LogP contribution < -0.4 is 9.64 Å². The van der Waals surface area contributed by atoms with Gasteiger partial charge in [0.1, 0.15) is 11.3 Å². The monoisotopic (exact) mass is 334 g/mol. The number of aryl methyl sites for hydroxylation is 1. The van der Waals surface area contributed by atoms with Crippen molar-refractivity contribution in [2.24, 2.45) is 0 Å². The SMILES string of the molecule is COc1ccc(C)c2c1N(C(=O)c1nnc3ccccc3n1)CCC2. The van der Waals surface area contributed by atoms with Gasteiger partial charge in [-0.2, -0.15) is 0 Å². The Morgan fingerprint density at radius 3 is 2.72 bits per heavy atom. The molecule has 3 aromatic rings. The van der Waals surface area contributed by atoms with Gasteiger partial charge in [-0.3, -0.25) is 4.79 Å². The van der Waals surface area contributed by atoms with E-state index in [9.17, 15) is 4.79 Å². The Kier molecular flexibility index (Phi) is 3.80. The predicted octanol–water partition coefficient (Wildman–Crippen LogP) is 2.93. The molecule has 0 unspecified atom stereocenters. The maximum Gasteiger partial charge on any atom is 0.298 e. The number of amides is 1. The molecule has 0 saturated carbocycles. The van der Waals surface area contributed by atoms with Gasteiger partial charge in [0.25, 0.3) is 5.91 Å². The molecule has 0 atom stereocenters. The number of aromatic nitrogens is 3. The van der Waals surface area contributed by atoms with Crippen molar-refractivity contribution in [3.8, 4) is 5.75 Å². The molecule has 0 N–H and O–H groups in total. The molecule has 0 spiro atoms. The van der Waals surface area contributed by atoms with E-state index in [1.807, 2.05) is 36.4 Å². The molecule has 1 aromatic heterocycles. The topological polar surface area (TPSA) is 68.2 Å². The van der Waals surface area contributed by atoms with Crippen molar-refractivity contribution in [1.82, 2.24) is 15.2 Å². The fraction of sp³-hybridized carbons (Fsp3) is 0.263. The maximum absolute atomic E-state index is 13.1. The largest absolute Gasteiger partial charge is 0.495 e. The first-order valence-electron chi connectivity index (χ1n) is 8.27. The number of carbonyl (C=O) groups is 1. The van der Waals surface area contributed by atoms with Gasteiger partial charge >= 0.3 is 0 Å². The Hall–Kier alpha value is -3.02. The lowest BCUT2D eigenvalue weighted by molar-refractivity contribution is 0.0973. The lowest BCUT2D eigenvalue weighted by Gasteiger charge is -2.31. The summed E-state index contributed by atoms with van der Waals surface area (Å²) in [5.74, 6) is 0.556. The summed E-state index contributed by atoms with van der Waals surface area (Å²) >= 11 is 0. The molecule has 0 saturated heterocycles. The number of carbonyl (C=O) groups excluding carboxylic acids is 1. The Labute approximate surface area is 145 Å². The van der Waals surface area contributed by atoms with E-state index in [0.29, 0.717) is 23.3 Å². The van der Waals surface area contributed by atoms with Crippen LogP contribution in [-0.2, 0) is 6.42 Å². The van der Waals surface area contributed by atoms with Crippen LogP contribution in [0.2, 0.25) is 0 Å². The lowest BCUT2D eigenvalue weighted by Crippen LogP contribution is -2.37. The summed E-state index contributed by atoms with van der Waals surface area (Å²) in [6.07, 6.45) is 1.83. The number of hydrogen-bond donors (Lipinski definition) is 0. The number of ether oxygens (including phenoxy) is 1. The molecule has 126 valence electrons. The zero-order valence-electron chi connectivity index (χ0n) is 14.2. The van der Waals surface area contributed by atoms with E-state index in [1.54, 1.807) is 12.0 Å². The minimum Gasteiger partial charge on any atom is -0.495 e. The molecule has 25 heavy (non-hydrogen) atoms. The van der Waals surface area contributed by atoms with Crippen molar-refractivity contribution in [3.05, 3.63) is 53.3 Å². The Bertz CT molecular complexity index is 971. The van der Waals surface area contributed by atoms with Crippen LogP contribution in [-0.4, -0.2) is 34.7 Å². The molecular formula is C19H18N4O2. The fourth-order valence-electron chi connectivity index (χ4n) is 3.31. The van der Waals surface area contributed by atoms with Gasteiger partial charge in [0.15, 0.2) is 0 Å². The summed E-state index contributed by atoms with van der Waals surface area (Å²) in [6, 6.07) is 11.3. The second kappa shape index (κ2) is 6.12. The van der Waals surface area contributed by atoms with Crippen molar-refractivity contribution < 1.29 is 9.53 Å². The van der Waals surface area contributed by atoms with Crippen LogP contribution in [0.25, 0.3) is 11.0 Å². The van der Waals surface area contributed by atoms with Crippen LogP contribution in [0.1, 0.15) is 28.2 Å². The van der Waals surface area contributed by atoms with Gasteiger partial charge in [0, 0.05) is 6.54 Å². The van der Waals surface area contributed by atoms with Gasteiger partial charge in [-0.05, 0) is 49.1 Å². The van der Waals surface area contributed by atoms with Crippen LogP contribution in [0.4, 0.5) is 5.69 Å². The van der Waals surface area contributed by atoms with E-state index >= 15 is 0 Å². The van der Waals surface area contributed by atoms with E-state index in [1.165, 1.54) is 0 Å². The van der Waals surface area contributed by atoms with E-state index in [4.69, 9.17) is 4.74 Å². The number of anilines is 1. The van der Waals surface area contributed by atoms with E-state index < -0.39 is 0 Å². The number of fused-ring (bicyclic) bond motifs is 2. The van der Waals surface area contributed by atoms with Crippen molar-refractivity contribution in [2.75, 3.05) is 18.6 Å². The predicted molar refractivity (Wildman–Crippen MR) is 95.1 cm³/mol. The summed E-state index contributed by atoms with van der Waals surface area (Å²) in [4.78, 5) is 19.2. The van der Waals surface area contributed by atoms with Crippen molar-refractivity contribution in [1.29, 1.82) is 0 Å². The fourth-order valence-corrected chi connectivity index (χ4v) is 3.31. The zero-order chi connectivity index (χ0) is 17.4. The molecule has 1 aliphatic heterocycles. The highest BCUT2D eigenvalue weighted by Gasteiger charge is 2.29. The first-order valence-corrected chi connectivity index (χ1v) is 8.27. The first-order chi connectivity index (χ1) is 12.2. The standard InChI is InChI=1S/C19H18N4O2/c1-12-9-10-16(25-2)17-13(12)6-5-11-23(17)19(24)18-20-14-7-3-4-8-15(14)21-22-18/h3-4,7-10H,5-6,11H2,1-2H3. The molecule has 4 rings (SSSR count). The summed E-state index contributed by atoms with van der Waals surface area (Å²) in [5, 5.41) is 8.16. The number of para-hydroxylation sites is 1. The molecule has 0 radical (unpaired) electrons. The van der Waals surface area contributed by atoms with Crippen LogP contribution >= 0.6 is 0 Å². The molecule has 0 aliphatic carbocycles. The minimum absolute atomic E-state index is 0.107. The molecule has 0 bridgehead atoms. The van der Waals surface area contributed by atoms with Crippen molar-refractivity contribution >= 4 is 22.6 Å². The van der Waals surface area contributed by atoms with E-state index in [2.05, 4.69) is 22.1 Å². The van der Waals surface area contributed by atoms with Crippen LogP contribution in [0.3, 0.4) is 0 Å². The molecule has 6 heteroatoms. The highest BCUT2D eigenvalue weighted by Crippen LogP contribution is 2.38. The molecular weight excluding hydrogens is 316 g/mol. The van der Waals surface area contributed by atoms with Gasteiger partial charge in [-0.25, -0.2) is 4.98 Å². The maximum atomic E-state index is 13.1. The Morgan fingerprint density at radius 1 is 1.12 bits per heavy atom. The van der Waals surface area contributed by atoms with Crippen molar-refractivity contribution in [3.63, 3.8) is 0 Å². The summed E-state index contributed by atoms with van der Waals surface area (Å²) in [6.45, 7) is 2.67. The zero-order valence-corrected chi connectivity index (χ0v) is 14.2. The van der Waals surface area contributed by atoms with E-state index in [0.717, 1.165) is 29.7 Å². The lowest BCUT2D eigenvalue weighted by atomic mass is 9.96. The van der Waals surface area contributed by atoms with Gasteiger partial charge < -0.3 is 9.64 Å². The van der Waals surface area contributed by atoms with E-state index in [-0.39, 0.29) is 11.7 Å². The number of nitrogens with zero attached hydrogens (tertiary/aromatic N) is 4. The summed E-state index contributed by atoms with van der Waals surface area (Å²) in [7, 11) is 1.62. The quantitative estimate of drug-likeness (QED) is 0.721. The molecule has 0 fully saturated rings. The van der Waals surface area contributed by atoms with Gasteiger partial charge in [-0.1, -0.05) is 18.2 Å². The highest BCUT2D eigenvalue weighted by molar-refractivity contribution is 6.06. The number of benzene rings is 2. The highest BCUT2D eigenvalue weighted by atomic mass is 16.5. The third kappa shape index (κ3) is 2.59. The third-order valence-electron chi connectivity index (χ3n) is 4.58. The van der Waals surface area contributed by atoms with Gasteiger partial charge in [0.05, 0.1) is 18.3 Å². The Morgan fingerprint density at radius 2 is 1.92 bits per heavy atom. The second-order valence-electron chi connectivity index (χ2n) is 6.10. The molecule has 1 amide bonds. The van der Waals surface area contributed by atoms with Crippen LogP contribution in [0.5, 0.6) is 5.75 Å². The number of methoxy groups -OCH3 is 1. The molecule has 2 heterocycles. The average molecular weight is 334 g/mol. The molecule has 2 aromatic carbocycles. The second-order valence-corrected chi connectivity index (χ2v) is 6.10. The number of hydrogen-bond acceptors (Lipinski definition) is 5. The van der Waals surface area contributed by atoms with Crippen molar-refractivity contribution in [2.45, 2.75) is 19.8 Å². The first kappa shape index (κ1) is 15.5. The summed E-state index contributed by atoms with van der Waals surface area (Å²) in [5.41, 5.74) is 4.47. The van der Waals surface area contributed by atoms with Gasteiger partial charge in [0.2, 0.25) is 5.82 Å². The minimum atomic E-state index is -0.247. The number of rotatable bonds is 2. The normalized spacial score (nSPS) is 13.6. The smallest absolute Gasteiger partial charge is 0.298 e.